The number of hydrogen-bond acceptors (Lipinski definition) is 3. The van der Waals surface area contributed by atoms with Gasteiger partial charge in [-0.1, -0.05) is 6.07 Å². The first-order chi connectivity index (χ1) is 6.81. The van der Waals surface area contributed by atoms with Crippen LogP contribution in [0.3, 0.4) is 0 Å². The van der Waals surface area contributed by atoms with Gasteiger partial charge in [-0.25, -0.2) is 0 Å². The van der Waals surface area contributed by atoms with Gasteiger partial charge in [-0.15, -0.1) is 11.3 Å². The molecule has 0 radical (unpaired) electrons. The smallest absolute Gasteiger partial charge is 0.101 e. The zero-order chi connectivity index (χ0) is 9.97. The van der Waals surface area contributed by atoms with E-state index >= 15 is 0 Å². The van der Waals surface area contributed by atoms with Gasteiger partial charge < -0.3 is 9.73 Å². The number of furan rings is 1. The molecule has 0 aliphatic heterocycles. The Morgan fingerprint density at radius 3 is 2.86 bits per heavy atom. The molecule has 0 aromatic carbocycles. The number of thiophene rings is 1. The molecular formula is C11H13NOS. The molecule has 2 rings (SSSR count). The molecule has 0 saturated carbocycles. The van der Waals surface area contributed by atoms with Crippen molar-refractivity contribution in [1.29, 1.82) is 0 Å². The SMILES string of the molecule is CNC(c1coc(C)c1)c1cccs1. The van der Waals surface area contributed by atoms with Gasteiger partial charge in [-0.2, -0.15) is 0 Å². The molecule has 0 saturated heterocycles. The summed E-state index contributed by atoms with van der Waals surface area (Å²) in [5, 5.41) is 5.37. The van der Waals surface area contributed by atoms with Crippen LogP contribution in [0.15, 0.2) is 34.3 Å². The van der Waals surface area contributed by atoms with Crippen LogP contribution in [0, 0.1) is 6.92 Å². The summed E-state index contributed by atoms with van der Waals surface area (Å²) in [4.78, 5) is 1.31. The van der Waals surface area contributed by atoms with E-state index < -0.39 is 0 Å². The van der Waals surface area contributed by atoms with Crippen LogP contribution in [-0.4, -0.2) is 7.05 Å². The maximum atomic E-state index is 5.31. The number of hydrogen-bond donors (Lipinski definition) is 1. The van der Waals surface area contributed by atoms with Crippen LogP contribution in [0.4, 0.5) is 0 Å². The van der Waals surface area contributed by atoms with E-state index in [1.54, 1.807) is 11.3 Å². The first-order valence-electron chi connectivity index (χ1n) is 4.57. The Labute approximate surface area is 87.6 Å². The third kappa shape index (κ3) is 1.74. The van der Waals surface area contributed by atoms with E-state index in [1.165, 1.54) is 10.4 Å². The summed E-state index contributed by atoms with van der Waals surface area (Å²) in [6.45, 7) is 1.96. The van der Waals surface area contributed by atoms with Crippen molar-refractivity contribution >= 4 is 11.3 Å². The quantitative estimate of drug-likeness (QED) is 0.837. The molecule has 0 aliphatic rings. The second-order valence-corrected chi connectivity index (χ2v) is 4.21. The lowest BCUT2D eigenvalue weighted by Crippen LogP contribution is -2.15. The van der Waals surface area contributed by atoms with Crippen LogP contribution >= 0.6 is 11.3 Å². The molecule has 2 aromatic heterocycles. The normalized spacial score (nSPS) is 13.0. The summed E-state index contributed by atoms with van der Waals surface area (Å²) < 4.78 is 5.31. The van der Waals surface area contributed by atoms with E-state index in [1.807, 2.05) is 20.2 Å². The van der Waals surface area contributed by atoms with Crippen LogP contribution < -0.4 is 5.32 Å². The highest BCUT2D eigenvalue weighted by atomic mass is 32.1. The Morgan fingerprint density at radius 1 is 1.50 bits per heavy atom. The molecule has 74 valence electrons. The Bertz CT molecular complexity index is 391. The molecule has 0 amide bonds. The molecule has 3 heteroatoms. The summed E-state index contributed by atoms with van der Waals surface area (Å²) in [7, 11) is 1.96. The Hall–Kier alpha value is -1.06. The lowest BCUT2D eigenvalue weighted by atomic mass is 10.1. The highest BCUT2D eigenvalue weighted by molar-refractivity contribution is 7.10. The monoisotopic (exact) mass is 207 g/mol. The average molecular weight is 207 g/mol. The Morgan fingerprint density at radius 2 is 2.36 bits per heavy atom. The summed E-state index contributed by atoms with van der Waals surface area (Å²) >= 11 is 1.76. The third-order valence-electron chi connectivity index (χ3n) is 2.20. The van der Waals surface area contributed by atoms with E-state index in [0.717, 1.165) is 5.76 Å². The van der Waals surface area contributed by atoms with Crippen molar-refractivity contribution in [3.05, 3.63) is 46.0 Å². The molecular weight excluding hydrogens is 194 g/mol. The van der Waals surface area contributed by atoms with Gasteiger partial charge in [0.05, 0.1) is 12.3 Å². The second kappa shape index (κ2) is 3.98. The molecule has 0 aliphatic carbocycles. The molecule has 2 heterocycles. The topological polar surface area (TPSA) is 25.2 Å². The fraction of sp³-hybridized carbons (Fsp3) is 0.273. The summed E-state index contributed by atoms with van der Waals surface area (Å²) in [6, 6.07) is 6.53. The minimum Gasteiger partial charge on any atom is -0.469 e. The highest BCUT2D eigenvalue weighted by Crippen LogP contribution is 2.26. The van der Waals surface area contributed by atoms with Gasteiger partial charge in [-0.05, 0) is 31.5 Å². The highest BCUT2D eigenvalue weighted by Gasteiger charge is 2.14. The van der Waals surface area contributed by atoms with E-state index in [4.69, 9.17) is 4.42 Å². The van der Waals surface area contributed by atoms with Crippen LogP contribution in [0.25, 0.3) is 0 Å². The lowest BCUT2D eigenvalue weighted by Gasteiger charge is -2.11. The van der Waals surface area contributed by atoms with Gasteiger partial charge in [-0.3, -0.25) is 0 Å². The first kappa shape index (κ1) is 9.49. The lowest BCUT2D eigenvalue weighted by molar-refractivity contribution is 0.528. The number of nitrogens with one attached hydrogen (secondary N) is 1. The number of aryl methyl sites for hydroxylation is 1. The van der Waals surface area contributed by atoms with E-state index in [0.29, 0.717) is 0 Å². The number of rotatable bonds is 3. The van der Waals surface area contributed by atoms with Crippen LogP contribution in [0.2, 0.25) is 0 Å². The maximum Gasteiger partial charge on any atom is 0.101 e. The molecule has 1 N–H and O–H groups in total. The average Bonchev–Trinajstić information content (AvgIpc) is 2.79. The zero-order valence-electron chi connectivity index (χ0n) is 8.28. The minimum absolute atomic E-state index is 0.257. The van der Waals surface area contributed by atoms with Gasteiger partial charge in [0.2, 0.25) is 0 Å². The second-order valence-electron chi connectivity index (χ2n) is 3.23. The molecule has 0 fully saturated rings. The van der Waals surface area contributed by atoms with Crippen molar-refractivity contribution in [2.24, 2.45) is 0 Å². The summed E-state index contributed by atoms with van der Waals surface area (Å²) in [5.41, 5.74) is 1.19. The van der Waals surface area contributed by atoms with Crippen LogP contribution in [-0.2, 0) is 0 Å². The van der Waals surface area contributed by atoms with Gasteiger partial charge in [0.15, 0.2) is 0 Å². The van der Waals surface area contributed by atoms with Crippen molar-refractivity contribution in [2.45, 2.75) is 13.0 Å². The van der Waals surface area contributed by atoms with Gasteiger partial charge in [0, 0.05) is 10.4 Å². The first-order valence-corrected chi connectivity index (χ1v) is 5.45. The van der Waals surface area contributed by atoms with Gasteiger partial charge in [0.25, 0.3) is 0 Å². The fourth-order valence-corrected chi connectivity index (χ4v) is 2.41. The third-order valence-corrected chi connectivity index (χ3v) is 3.14. The predicted molar refractivity (Wildman–Crippen MR) is 58.7 cm³/mol. The van der Waals surface area contributed by atoms with Crippen molar-refractivity contribution < 1.29 is 4.42 Å². The molecule has 2 aromatic rings. The van der Waals surface area contributed by atoms with E-state index in [9.17, 15) is 0 Å². The van der Waals surface area contributed by atoms with Crippen LogP contribution in [0.5, 0.6) is 0 Å². The van der Waals surface area contributed by atoms with E-state index in [2.05, 4.69) is 28.9 Å². The van der Waals surface area contributed by atoms with Crippen molar-refractivity contribution in [2.75, 3.05) is 7.05 Å². The predicted octanol–water partition coefficient (Wildman–Crippen LogP) is 2.96. The largest absolute Gasteiger partial charge is 0.469 e. The van der Waals surface area contributed by atoms with Crippen molar-refractivity contribution in [1.82, 2.24) is 5.32 Å². The molecule has 2 nitrogen and oxygen atoms in total. The minimum atomic E-state index is 0.257. The molecule has 1 unspecified atom stereocenters. The molecule has 1 atom stereocenters. The standard InChI is InChI=1S/C11H13NOS/c1-8-6-9(7-13-8)11(12-2)10-4-3-5-14-10/h3-7,11-12H,1-2H3. The van der Waals surface area contributed by atoms with Crippen molar-refractivity contribution in [3.63, 3.8) is 0 Å². The zero-order valence-corrected chi connectivity index (χ0v) is 9.10. The Balaban J connectivity index is 2.31. The fourth-order valence-electron chi connectivity index (χ4n) is 1.54. The summed E-state index contributed by atoms with van der Waals surface area (Å²) in [5.74, 6) is 0.955. The molecule has 0 bridgehead atoms. The summed E-state index contributed by atoms with van der Waals surface area (Å²) in [6.07, 6.45) is 1.82. The molecule has 0 spiro atoms. The van der Waals surface area contributed by atoms with E-state index in [-0.39, 0.29) is 6.04 Å². The van der Waals surface area contributed by atoms with Gasteiger partial charge >= 0.3 is 0 Å². The molecule has 14 heavy (non-hydrogen) atoms. The van der Waals surface area contributed by atoms with Gasteiger partial charge in [0.1, 0.15) is 5.76 Å². The Kier molecular flexibility index (Phi) is 2.70. The van der Waals surface area contributed by atoms with Crippen molar-refractivity contribution in [3.8, 4) is 0 Å². The van der Waals surface area contributed by atoms with Crippen LogP contribution in [0.1, 0.15) is 22.2 Å². The maximum absolute atomic E-state index is 5.31.